The zero-order chi connectivity index (χ0) is 15.0. The Kier molecular flexibility index (Phi) is 3.65. The summed E-state index contributed by atoms with van der Waals surface area (Å²) >= 11 is 12.2. The van der Waals surface area contributed by atoms with E-state index in [1.54, 1.807) is 12.1 Å². The van der Waals surface area contributed by atoms with Crippen molar-refractivity contribution < 1.29 is 4.74 Å². The second kappa shape index (κ2) is 5.46. The van der Waals surface area contributed by atoms with E-state index in [0.717, 1.165) is 13.0 Å². The number of H-pyrrole nitrogens is 1. The Morgan fingerprint density at radius 2 is 2.00 bits per heavy atom. The molecule has 0 unspecified atom stereocenters. The molecule has 2 heterocycles. The van der Waals surface area contributed by atoms with Crippen molar-refractivity contribution in [3.8, 4) is 11.6 Å². The molecule has 0 amide bonds. The molecule has 1 aliphatic heterocycles. The molecule has 0 atom stereocenters. The van der Waals surface area contributed by atoms with Gasteiger partial charge in [0, 0.05) is 17.8 Å². The Labute approximate surface area is 130 Å². The summed E-state index contributed by atoms with van der Waals surface area (Å²) in [5.41, 5.74) is 7.02. The Morgan fingerprint density at radius 1 is 1.29 bits per heavy atom. The molecule has 2 aromatic rings. The molecule has 0 saturated heterocycles. The largest absolute Gasteiger partial charge is 0.434 e. The van der Waals surface area contributed by atoms with E-state index in [9.17, 15) is 4.79 Å². The van der Waals surface area contributed by atoms with E-state index in [4.69, 9.17) is 33.7 Å². The maximum Gasteiger partial charge on any atom is 0.288 e. The van der Waals surface area contributed by atoms with Gasteiger partial charge in [-0.2, -0.15) is 0 Å². The van der Waals surface area contributed by atoms with Gasteiger partial charge in [0.15, 0.2) is 5.75 Å². The zero-order valence-electron chi connectivity index (χ0n) is 10.9. The zero-order valence-corrected chi connectivity index (χ0v) is 12.4. The molecule has 0 fully saturated rings. The maximum atomic E-state index is 11.7. The average Bonchev–Trinajstić information content (AvgIpc) is 2.45. The van der Waals surface area contributed by atoms with Gasteiger partial charge in [0.05, 0.1) is 10.0 Å². The number of nitrogens with two attached hydrogens (primary N) is 1. The van der Waals surface area contributed by atoms with Gasteiger partial charge in [0.25, 0.3) is 5.56 Å². The summed E-state index contributed by atoms with van der Waals surface area (Å²) in [6.45, 7) is 0.739. The van der Waals surface area contributed by atoms with Crippen LogP contribution in [0.1, 0.15) is 12.0 Å². The highest BCUT2D eigenvalue weighted by Gasteiger charge is 2.20. The molecule has 0 saturated carbocycles. The van der Waals surface area contributed by atoms with E-state index in [1.165, 1.54) is 0 Å². The van der Waals surface area contributed by atoms with Crippen LogP contribution in [0.5, 0.6) is 11.6 Å². The van der Waals surface area contributed by atoms with Crippen LogP contribution >= 0.6 is 23.2 Å². The number of nitrogen functional groups attached to an aromatic ring is 1. The van der Waals surface area contributed by atoms with Crippen molar-refractivity contribution in [2.24, 2.45) is 0 Å². The second-order valence-corrected chi connectivity index (χ2v) is 5.47. The summed E-state index contributed by atoms with van der Waals surface area (Å²) in [6, 6.07) is 3.08. The molecule has 3 rings (SSSR count). The smallest absolute Gasteiger partial charge is 0.288 e. The fraction of sp³-hybridized carbons (Fsp3) is 0.231. The van der Waals surface area contributed by atoms with Gasteiger partial charge in [-0.15, -0.1) is 5.10 Å². The Bertz CT molecular complexity index is 737. The van der Waals surface area contributed by atoms with Crippen LogP contribution in [-0.2, 0) is 6.42 Å². The fourth-order valence-corrected chi connectivity index (χ4v) is 2.81. The van der Waals surface area contributed by atoms with Crippen molar-refractivity contribution >= 4 is 34.6 Å². The highest BCUT2D eigenvalue weighted by Crippen LogP contribution is 2.39. The summed E-state index contributed by atoms with van der Waals surface area (Å²) in [5, 5.41) is 9.95. The lowest BCUT2D eigenvalue weighted by atomic mass is 10.1. The number of hydrogen-bond acceptors (Lipinski definition) is 5. The molecule has 4 N–H and O–H groups in total. The van der Waals surface area contributed by atoms with Crippen molar-refractivity contribution in [1.82, 2.24) is 10.2 Å². The maximum absolute atomic E-state index is 11.7. The minimum atomic E-state index is -0.272. The molecule has 0 spiro atoms. The molecule has 110 valence electrons. The molecule has 6 nitrogen and oxygen atoms in total. The van der Waals surface area contributed by atoms with Gasteiger partial charge >= 0.3 is 0 Å². The SMILES string of the molecule is Nc1cc(Cl)c(Oc2n[nH]c(=O)c3c2CCCN3)c(Cl)c1. The number of nitrogens with zero attached hydrogens (tertiary/aromatic N) is 1. The fourth-order valence-electron chi connectivity index (χ4n) is 2.22. The quantitative estimate of drug-likeness (QED) is 0.738. The number of halogens is 2. The first-order valence-electron chi connectivity index (χ1n) is 6.34. The lowest BCUT2D eigenvalue weighted by Crippen LogP contribution is -2.23. The number of ether oxygens (including phenoxy) is 1. The van der Waals surface area contributed by atoms with Crippen LogP contribution in [0.25, 0.3) is 0 Å². The van der Waals surface area contributed by atoms with Gasteiger partial charge in [0.1, 0.15) is 5.69 Å². The molecular formula is C13H12Cl2N4O2. The summed E-state index contributed by atoms with van der Waals surface area (Å²) < 4.78 is 5.71. The van der Waals surface area contributed by atoms with Crippen LogP contribution in [-0.4, -0.2) is 16.7 Å². The molecule has 0 bridgehead atoms. The summed E-state index contributed by atoms with van der Waals surface area (Å²) in [6.07, 6.45) is 1.58. The van der Waals surface area contributed by atoms with Gasteiger partial charge in [-0.1, -0.05) is 23.2 Å². The van der Waals surface area contributed by atoms with Crippen molar-refractivity contribution in [3.63, 3.8) is 0 Å². The molecule has 0 radical (unpaired) electrons. The number of aromatic nitrogens is 2. The van der Waals surface area contributed by atoms with E-state index in [2.05, 4.69) is 15.5 Å². The molecule has 1 aliphatic rings. The molecule has 1 aromatic heterocycles. The number of anilines is 2. The van der Waals surface area contributed by atoms with E-state index in [1.807, 2.05) is 0 Å². The van der Waals surface area contributed by atoms with Crippen LogP contribution < -0.4 is 21.3 Å². The molecule has 1 aromatic carbocycles. The number of nitrogens with one attached hydrogen (secondary N) is 2. The minimum Gasteiger partial charge on any atom is -0.434 e. The van der Waals surface area contributed by atoms with Gasteiger partial charge in [-0.3, -0.25) is 4.79 Å². The highest BCUT2D eigenvalue weighted by molar-refractivity contribution is 6.37. The van der Waals surface area contributed by atoms with E-state index in [0.29, 0.717) is 23.4 Å². The topological polar surface area (TPSA) is 93.0 Å². The van der Waals surface area contributed by atoms with Crippen LogP contribution in [0.4, 0.5) is 11.4 Å². The van der Waals surface area contributed by atoms with Crippen LogP contribution in [0.15, 0.2) is 16.9 Å². The van der Waals surface area contributed by atoms with Crippen LogP contribution in [0.3, 0.4) is 0 Å². The van der Waals surface area contributed by atoms with Gasteiger partial charge in [-0.05, 0) is 25.0 Å². The third kappa shape index (κ3) is 2.64. The van der Waals surface area contributed by atoms with Crippen LogP contribution in [0, 0.1) is 0 Å². The van der Waals surface area contributed by atoms with Gasteiger partial charge in [0.2, 0.25) is 5.88 Å². The van der Waals surface area contributed by atoms with Crippen molar-refractivity contribution in [2.45, 2.75) is 12.8 Å². The number of benzene rings is 1. The third-order valence-corrected chi connectivity index (χ3v) is 3.73. The number of hydrogen-bond donors (Lipinski definition) is 3. The lowest BCUT2D eigenvalue weighted by Gasteiger charge is -2.19. The van der Waals surface area contributed by atoms with E-state index < -0.39 is 0 Å². The molecular weight excluding hydrogens is 315 g/mol. The Hall–Kier alpha value is -1.92. The first kappa shape index (κ1) is 14.0. The van der Waals surface area contributed by atoms with Gasteiger partial charge < -0.3 is 15.8 Å². The van der Waals surface area contributed by atoms with Crippen LogP contribution in [0.2, 0.25) is 10.0 Å². The first-order chi connectivity index (χ1) is 10.1. The molecule has 0 aliphatic carbocycles. The minimum absolute atomic E-state index is 0.264. The Morgan fingerprint density at radius 3 is 2.71 bits per heavy atom. The first-order valence-corrected chi connectivity index (χ1v) is 7.09. The predicted molar refractivity (Wildman–Crippen MR) is 82.6 cm³/mol. The summed E-state index contributed by atoms with van der Waals surface area (Å²) in [7, 11) is 0. The van der Waals surface area contributed by atoms with Crippen molar-refractivity contribution in [2.75, 3.05) is 17.6 Å². The molecule has 21 heavy (non-hydrogen) atoms. The average molecular weight is 327 g/mol. The van der Waals surface area contributed by atoms with Crippen molar-refractivity contribution in [1.29, 1.82) is 0 Å². The third-order valence-electron chi connectivity index (χ3n) is 3.17. The van der Waals surface area contributed by atoms with E-state index in [-0.39, 0.29) is 27.2 Å². The number of rotatable bonds is 2. The number of aromatic amines is 1. The highest BCUT2D eigenvalue weighted by atomic mass is 35.5. The predicted octanol–water partition coefficient (Wildman–Crippen LogP) is 2.81. The normalized spacial score (nSPS) is 13.4. The molecule has 8 heteroatoms. The second-order valence-electron chi connectivity index (χ2n) is 4.66. The summed E-state index contributed by atoms with van der Waals surface area (Å²) in [5.74, 6) is 0.547. The number of fused-ring (bicyclic) bond motifs is 1. The van der Waals surface area contributed by atoms with E-state index >= 15 is 0 Å². The summed E-state index contributed by atoms with van der Waals surface area (Å²) in [4.78, 5) is 11.7. The van der Waals surface area contributed by atoms with Gasteiger partial charge in [-0.25, -0.2) is 5.10 Å². The Balaban J connectivity index is 2.05. The monoisotopic (exact) mass is 326 g/mol. The van der Waals surface area contributed by atoms with Crippen molar-refractivity contribution in [3.05, 3.63) is 38.1 Å². The standard InChI is InChI=1S/C13H12Cl2N4O2/c14-8-4-6(16)5-9(15)11(8)21-13-7-2-1-3-17-10(7)12(20)18-19-13/h4-5,17H,1-3,16H2,(H,18,20). The lowest BCUT2D eigenvalue weighted by molar-refractivity contribution is 0.446.